The fourth-order valence-electron chi connectivity index (χ4n) is 3.39. The van der Waals surface area contributed by atoms with Crippen molar-refractivity contribution in [1.29, 1.82) is 0 Å². The summed E-state index contributed by atoms with van der Waals surface area (Å²) in [7, 11) is -4.09. The van der Waals surface area contributed by atoms with Gasteiger partial charge in [0.1, 0.15) is 12.3 Å². The van der Waals surface area contributed by atoms with Crippen LogP contribution in [-0.4, -0.2) is 62.9 Å². The lowest BCUT2D eigenvalue weighted by molar-refractivity contribution is -0.386. The molecule has 2 aliphatic heterocycles. The molecule has 11 heteroatoms. The van der Waals surface area contributed by atoms with E-state index in [9.17, 15) is 18.5 Å². The number of primary sulfonamides is 1. The van der Waals surface area contributed by atoms with Crippen LogP contribution < -0.4 is 9.88 Å². The number of ether oxygens (including phenoxy) is 2. The first-order valence-electron chi connectivity index (χ1n) is 8.63. The van der Waals surface area contributed by atoms with E-state index in [1.54, 1.807) is 0 Å². The summed E-state index contributed by atoms with van der Waals surface area (Å²) in [4.78, 5) is 12.2. The third-order valence-electron chi connectivity index (χ3n) is 5.06. The molecule has 2 aliphatic rings. The lowest BCUT2D eigenvalue weighted by Gasteiger charge is -2.38. The van der Waals surface area contributed by atoms with E-state index in [1.807, 2.05) is 0 Å². The third-order valence-corrected chi connectivity index (χ3v) is 5.97. The maximum absolute atomic E-state index is 15.1. The van der Waals surface area contributed by atoms with Crippen LogP contribution in [0.2, 0.25) is 0 Å². The predicted molar refractivity (Wildman–Crippen MR) is 93.8 cm³/mol. The van der Waals surface area contributed by atoms with Crippen molar-refractivity contribution in [2.24, 2.45) is 5.14 Å². The molecule has 150 valence electrons. The molecule has 2 fully saturated rings. The Hall–Kier alpha value is -1.82. The smallest absolute Gasteiger partial charge is 0.312 e. The standard InChI is InChI=1S/C16H22FN3O6S/c17-16(4-6-19(7-5-16)12-3-8-25-10-12)11-26-15-2-1-13(27(18,23)24)9-14(15)20(21)22/h1-2,9,12H,3-8,10-11H2,(H2,18,23,24). The number of nitro groups is 1. The SMILES string of the molecule is NS(=O)(=O)c1ccc(OCC2(F)CCN(C3CCOC3)CC2)c([N+](=O)[O-])c1. The van der Waals surface area contributed by atoms with Crippen molar-refractivity contribution >= 4 is 15.7 Å². The van der Waals surface area contributed by atoms with Crippen LogP contribution in [-0.2, 0) is 14.8 Å². The zero-order valence-corrected chi connectivity index (χ0v) is 15.5. The van der Waals surface area contributed by atoms with Gasteiger partial charge in [0.05, 0.1) is 16.4 Å². The summed E-state index contributed by atoms with van der Waals surface area (Å²) in [6.07, 6.45) is 1.46. The van der Waals surface area contributed by atoms with Gasteiger partial charge in [-0.2, -0.15) is 0 Å². The van der Waals surface area contributed by atoms with E-state index in [-0.39, 0.29) is 25.2 Å². The molecule has 9 nitrogen and oxygen atoms in total. The molecule has 0 bridgehead atoms. The van der Waals surface area contributed by atoms with Gasteiger partial charge < -0.3 is 9.47 Å². The molecular weight excluding hydrogens is 381 g/mol. The Morgan fingerprint density at radius 1 is 1.41 bits per heavy atom. The zero-order chi connectivity index (χ0) is 19.7. The van der Waals surface area contributed by atoms with E-state index in [1.165, 1.54) is 0 Å². The van der Waals surface area contributed by atoms with Crippen LogP contribution in [0.4, 0.5) is 10.1 Å². The predicted octanol–water partition coefficient (Wildman–Crippen LogP) is 1.21. The van der Waals surface area contributed by atoms with Gasteiger partial charge in [-0.25, -0.2) is 17.9 Å². The number of nitrogens with zero attached hydrogens (tertiary/aromatic N) is 2. The molecule has 0 radical (unpaired) electrons. The quantitative estimate of drug-likeness (QED) is 0.559. The maximum Gasteiger partial charge on any atom is 0.312 e. The summed E-state index contributed by atoms with van der Waals surface area (Å²) in [6, 6.07) is 3.37. The molecule has 0 spiro atoms. The fourth-order valence-corrected chi connectivity index (χ4v) is 3.92. The van der Waals surface area contributed by atoms with Crippen molar-refractivity contribution in [3.05, 3.63) is 28.3 Å². The zero-order valence-electron chi connectivity index (χ0n) is 14.7. The molecule has 3 rings (SSSR count). The molecule has 0 aromatic heterocycles. The second-order valence-corrected chi connectivity index (χ2v) is 8.49. The largest absolute Gasteiger partial charge is 0.483 e. The number of halogens is 1. The molecule has 2 saturated heterocycles. The Bertz CT molecular complexity index is 804. The van der Waals surface area contributed by atoms with Crippen LogP contribution in [0, 0.1) is 10.1 Å². The van der Waals surface area contributed by atoms with E-state index in [4.69, 9.17) is 14.6 Å². The molecule has 1 unspecified atom stereocenters. The van der Waals surface area contributed by atoms with Gasteiger partial charge >= 0.3 is 5.69 Å². The minimum Gasteiger partial charge on any atom is -0.483 e. The van der Waals surface area contributed by atoms with Gasteiger partial charge in [0.25, 0.3) is 0 Å². The van der Waals surface area contributed by atoms with Gasteiger partial charge in [-0.15, -0.1) is 0 Å². The summed E-state index contributed by atoms with van der Waals surface area (Å²) in [5.74, 6) is -0.184. The lowest BCUT2D eigenvalue weighted by atomic mass is 9.93. The van der Waals surface area contributed by atoms with Crippen LogP contribution in [0.3, 0.4) is 0 Å². The number of sulfonamides is 1. The van der Waals surface area contributed by atoms with E-state index >= 15 is 4.39 Å². The van der Waals surface area contributed by atoms with Crippen molar-refractivity contribution in [3.63, 3.8) is 0 Å². The Morgan fingerprint density at radius 3 is 2.67 bits per heavy atom. The summed E-state index contributed by atoms with van der Waals surface area (Å²) in [5, 5.41) is 16.2. The van der Waals surface area contributed by atoms with Gasteiger partial charge in [-0.3, -0.25) is 15.0 Å². The van der Waals surface area contributed by atoms with Crippen LogP contribution in [0.1, 0.15) is 19.3 Å². The highest BCUT2D eigenvalue weighted by Gasteiger charge is 2.38. The average Bonchev–Trinajstić information content (AvgIpc) is 3.14. The van der Waals surface area contributed by atoms with Crippen LogP contribution in [0.15, 0.2) is 23.1 Å². The molecule has 1 aromatic rings. The molecule has 0 saturated carbocycles. The fraction of sp³-hybridized carbons (Fsp3) is 0.625. The minimum absolute atomic E-state index is 0.184. The Morgan fingerprint density at radius 2 is 2.11 bits per heavy atom. The molecule has 0 amide bonds. The van der Waals surface area contributed by atoms with Crippen molar-refractivity contribution in [2.45, 2.75) is 35.9 Å². The summed E-state index contributed by atoms with van der Waals surface area (Å²) >= 11 is 0. The van der Waals surface area contributed by atoms with Crippen LogP contribution >= 0.6 is 0 Å². The molecule has 27 heavy (non-hydrogen) atoms. The van der Waals surface area contributed by atoms with Gasteiger partial charge in [-0.1, -0.05) is 0 Å². The Balaban J connectivity index is 1.65. The normalized spacial score (nSPS) is 23.3. The molecule has 0 aliphatic carbocycles. The number of rotatable bonds is 6. The van der Waals surface area contributed by atoms with Crippen molar-refractivity contribution in [3.8, 4) is 5.75 Å². The number of nitrogens with two attached hydrogens (primary N) is 1. The highest BCUT2D eigenvalue weighted by atomic mass is 32.2. The van der Waals surface area contributed by atoms with E-state index < -0.39 is 31.2 Å². The highest BCUT2D eigenvalue weighted by Crippen LogP contribution is 2.33. The summed E-state index contributed by atoms with van der Waals surface area (Å²) in [6.45, 7) is 2.19. The van der Waals surface area contributed by atoms with Crippen LogP contribution in [0.5, 0.6) is 5.75 Å². The number of likely N-dealkylation sites (tertiary alicyclic amines) is 1. The monoisotopic (exact) mass is 403 g/mol. The van der Waals surface area contributed by atoms with Crippen LogP contribution in [0.25, 0.3) is 0 Å². The summed E-state index contributed by atoms with van der Waals surface area (Å²) < 4.78 is 48.5. The topological polar surface area (TPSA) is 125 Å². The molecule has 1 aromatic carbocycles. The first-order valence-corrected chi connectivity index (χ1v) is 10.2. The van der Waals surface area contributed by atoms with E-state index in [0.717, 1.165) is 31.2 Å². The third kappa shape index (κ3) is 4.72. The maximum atomic E-state index is 15.1. The Kier molecular flexibility index (Phi) is 5.65. The van der Waals surface area contributed by atoms with Gasteiger partial charge in [0.2, 0.25) is 10.0 Å². The number of hydrogen-bond donors (Lipinski definition) is 1. The minimum atomic E-state index is -4.09. The van der Waals surface area contributed by atoms with Crippen molar-refractivity contribution in [1.82, 2.24) is 4.90 Å². The van der Waals surface area contributed by atoms with Gasteiger partial charge in [-0.05, 0) is 31.4 Å². The first kappa shape index (κ1) is 19.9. The average molecular weight is 403 g/mol. The molecule has 2 N–H and O–H groups in total. The number of hydrogen-bond acceptors (Lipinski definition) is 7. The second-order valence-electron chi connectivity index (χ2n) is 6.92. The number of benzene rings is 1. The molecule has 1 atom stereocenters. The second kappa shape index (κ2) is 7.66. The Labute approximate surface area is 156 Å². The van der Waals surface area contributed by atoms with Crippen molar-refractivity contribution < 1.29 is 27.2 Å². The summed E-state index contributed by atoms with van der Waals surface area (Å²) in [5.41, 5.74) is -2.16. The highest BCUT2D eigenvalue weighted by molar-refractivity contribution is 7.89. The molecular formula is C16H22FN3O6S. The number of alkyl halides is 1. The van der Waals surface area contributed by atoms with Gasteiger partial charge in [0.15, 0.2) is 5.75 Å². The number of piperidine rings is 1. The lowest BCUT2D eigenvalue weighted by Crippen LogP contribution is -2.48. The van der Waals surface area contributed by atoms with Gasteiger partial charge in [0, 0.05) is 31.8 Å². The first-order chi connectivity index (χ1) is 12.7. The van der Waals surface area contributed by atoms with Crippen molar-refractivity contribution in [2.75, 3.05) is 32.9 Å². The molecule has 2 heterocycles. The van der Waals surface area contributed by atoms with E-state index in [2.05, 4.69) is 4.90 Å². The number of nitro benzene ring substituents is 1. The van der Waals surface area contributed by atoms with E-state index in [0.29, 0.717) is 25.7 Å².